The summed E-state index contributed by atoms with van der Waals surface area (Å²) in [5.74, 6) is 0. The van der Waals surface area contributed by atoms with Crippen molar-refractivity contribution in [3.05, 3.63) is 0 Å². The summed E-state index contributed by atoms with van der Waals surface area (Å²) in [6, 6.07) is 0. The van der Waals surface area contributed by atoms with Crippen molar-refractivity contribution in [2.24, 2.45) is 0 Å². The van der Waals surface area contributed by atoms with E-state index in [1.54, 1.807) is 0 Å². The van der Waals surface area contributed by atoms with Crippen molar-refractivity contribution in [1.82, 2.24) is 5.06 Å². The fourth-order valence-electron chi connectivity index (χ4n) is 0.300. The summed E-state index contributed by atoms with van der Waals surface area (Å²) >= 11 is 0. The first-order valence-corrected chi connectivity index (χ1v) is 5.12. The molecule has 0 aromatic rings. The standard InChI is InChI=1S/C2H7NO7S2/c1-3(2)9-12(7,8)10-11(4,5)6/h1-2H3,(H,4,5,6). The molecular formula is C2H7NO7S2. The maximum absolute atomic E-state index is 10.4. The summed E-state index contributed by atoms with van der Waals surface area (Å²) in [6.45, 7) is 0. The van der Waals surface area contributed by atoms with Crippen LogP contribution in [0, 0.1) is 0 Å². The van der Waals surface area contributed by atoms with Crippen LogP contribution in [0.3, 0.4) is 0 Å². The van der Waals surface area contributed by atoms with Gasteiger partial charge >= 0.3 is 20.8 Å². The van der Waals surface area contributed by atoms with Crippen molar-refractivity contribution in [2.75, 3.05) is 14.1 Å². The Labute approximate surface area is 69.9 Å². The Morgan fingerprint density at radius 2 is 1.58 bits per heavy atom. The Hall–Kier alpha value is -0.260. The zero-order valence-corrected chi connectivity index (χ0v) is 7.79. The van der Waals surface area contributed by atoms with Crippen LogP contribution in [-0.4, -0.2) is 40.5 Å². The lowest BCUT2D eigenvalue weighted by molar-refractivity contribution is -0.00608. The Morgan fingerprint density at radius 1 is 1.17 bits per heavy atom. The second-order valence-corrected chi connectivity index (χ2v) is 4.16. The molecule has 10 heteroatoms. The molecule has 0 aromatic carbocycles. The molecule has 0 saturated carbocycles. The van der Waals surface area contributed by atoms with Gasteiger partial charge in [-0.15, -0.1) is 0 Å². The smallest absolute Gasteiger partial charge is 0.263 e. The average molecular weight is 221 g/mol. The molecule has 0 aliphatic heterocycles. The van der Waals surface area contributed by atoms with Gasteiger partial charge in [-0.05, 0) is 0 Å². The first-order valence-electron chi connectivity index (χ1n) is 2.43. The topological polar surface area (TPSA) is 110 Å². The molecule has 0 heterocycles. The fourth-order valence-corrected chi connectivity index (χ4v) is 1.61. The predicted molar refractivity (Wildman–Crippen MR) is 36.3 cm³/mol. The first-order chi connectivity index (χ1) is 5.12. The number of hydrogen-bond acceptors (Lipinski definition) is 7. The molecule has 0 aromatic heterocycles. The highest BCUT2D eigenvalue weighted by atomic mass is 32.3. The van der Waals surface area contributed by atoms with Gasteiger partial charge < -0.3 is 0 Å². The lowest BCUT2D eigenvalue weighted by Crippen LogP contribution is -2.23. The van der Waals surface area contributed by atoms with Gasteiger partial charge in [-0.1, -0.05) is 3.63 Å². The molecule has 0 rings (SSSR count). The zero-order chi connectivity index (χ0) is 9.99. The van der Waals surface area contributed by atoms with Gasteiger partial charge in [-0.3, -0.25) is 4.55 Å². The van der Waals surface area contributed by atoms with E-state index in [0.717, 1.165) is 0 Å². The molecule has 1 N–H and O–H groups in total. The third-order valence-electron chi connectivity index (χ3n) is 0.410. The quantitative estimate of drug-likeness (QED) is 0.453. The Kier molecular flexibility index (Phi) is 3.56. The van der Waals surface area contributed by atoms with Crippen molar-refractivity contribution in [3.63, 3.8) is 0 Å². The number of rotatable bonds is 4. The molecule has 0 bridgehead atoms. The monoisotopic (exact) mass is 221 g/mol. The summed E-state index contributed by atoms with van der Waals surface area (Å²) in [5.41, 5.74) is 0. The van der Waals surface area contributed by atoms with Crippen molar-refractivity contribution in [2.45, 2.75) is 0 Å². The third-order valence-corrected chi connectivity index (χ3v) is 2.24. The molecule has 0 radical (unpaired) electrons. The minimum atomic E-state index is -5.07. The molecule has 0 spiro atoms. The molecule has 0 saturated heterocycles. The van der Waals surface area contributed by atoms with Crippen LogP contribution in [0.4, 0.5) is 0 Å². The third kappa shape index (κ3) is 6.45. The molecule has 0 aliphatic carbocycles. The second kappa shape index (κ2) is 3.64. The minimum absolute atomic E-state index is 0.681. The van der Waals surface area contributed by atoms with E-state index in [-0.39, 0.29) is 0 Å². The summed E-state index contributed by atoms with van der Waals surface area (Å²) in [7, 11) is -7.45. The van der Waals surface area contributed by atoms with E-state index >= 15 is 0 Å². The second-order valence-electron chi connectivity index (χ2n) is 1.79. The predicted octanol–water partition coefficient (Wildman–Crippen LogP) is -1.46. The van der Waals surface area contributed by atoms with Crippen molar-refractivity contribution in [1.29, 1.82) is 0 Å². The number of hydrogen-bond donors (Lipinski definition) is 1. The summed E-state index contributed by atoms with van der Waals surface area (Å²) < 4.78 is 55.6. The molecule has 0 amide bonds. The van der Waals surface area contributed by atoms with Gasteiger partial charge in [0.2, 0.25) is 0 Å². The molecule has 0 aliphatic rings. The van der Waals surface area contributed by atoms with Gasteiger partial charge in [-0.2, -0.15) is 26.2 Å². The zero-order valence-electron chi connectivity index (χ0n) is 6.16. The molecule has 0 atom stereocenters. The van der Waals surface area contributed by atoms with E-state index in [0.29, 0.717) is 5.06 Å². The lowest BCUT2D eigenvalue weighted by atomic mass is 11.2. The van der Waals surface area contributed by atoms with E-state index in [2.05, 4.69) is 7.91 Å². The number of nitrogens with zero attached hydrogens (tertiary/aromatic N) is 1. The van der Waals surface area contributed by atoms with E-state index in [4.69, 9.17) is 4.55 Å². The fraction of sp³-hybridized carbons (Fsp3) is 1.00. The maximum Gasteiger partial charge on any atom is 0.432 e. The van der Waals surface area contributed by atoms with Gasteiger partial charge in [-0.25, -0.2) is 0 Å². The highest BCUT2D eigenvalue weighted by molar-refractivity contribution is 7.94. The van der Waals surface area contributed by atoms with Crippen molar-refractivity contribution >= 4 is 20.8 Å². The Bertz CT molecular complexity index is 324. The maximum atomic E-state index is 10.4. The van der Waals surface area contributed by atoms with Gasteiger partial charge in [0.1, 0.15) is 0 Å². The van der Waals surface area contributed by atoms with Crippen LogP contribution in [0.15, 0.2) is 0 Å². The van der Waals surface area contributed by atoms with Gasteiger partial charge in [0, 0.05) is 14.1 Å². The summed E-state index contributed by atoms with van der Waals surface area (Å²) in [4.78, 5) is 0. The van der Waals surface area contributed by atoms with E-state index in [1.165, 1.54) is 14.1 Å². The van der Waals surface area contributed by atoms with Gasteiger partial charge in [0.05, 0.1) is 0 Å². The van der Waals surface area contributed by atoms with Crippen molar-refractivity contribution in [3.8, 4) is 0 Å². The van der Waals surface area contributed by atoms with Gasteiger partial charge in [0.15, 0.2) is 0 Å². The molecule has 8 nitrogen and oxygen atoms in total. The minimum Gasteiger partial charge on any atom is -0.263 e. The van der Waals surface area contributed by atoms with Crippen LogP contribution in [0.5, 0.6) is 0 Å². The Balaban J connectivity index is 4.47. The first kappa shape index (κ1) is 11.7. The van der Waals surface area contributed by atoms with Gasteiger partial charge in [0.25, 0.3) is 0 Å². The van der Waals surface area contributed by atoms with Crippen LogP contribution >= 0.6 is 0 Å². The van der Waals surface area contributed by atoms with Crippen LogP contribution in [0.2, 0.25) is 0 Å². The lowest BCUT2D eigenvalue weighted by Gasteiger charge is -2.07. The van der Waals surface area contributed by atoms with Crippen LogP contribution in [0.1, 0.15) is 0 Å². The molecule has 0 fully saturated rings. The normalized spacial score (nSPS) is 13.7. The van der Waals surface area contributed by atoms with E-state index in [9.17, 15) is 16.8 Å². The largest absolute Gasteiger partial charge is 0.432 e. The van der Waals surface area contributed by atoms with E-state index in [1.807, 2.05) is 0 Å². The molecule has 74 valence electrons. The SMILES string of the molecule is CN(C)OS(=O)(=O)OS(=O)(=O)O. The van der Waals surface area contributed by atoms with Crippen LogP contribution in [-0.2, 0) is 28.7 Å². The van der Waals surface area contributed by atoms with E-state index < -0.39 is 20.8 Å². The van der Waals surface area contributed by atoms with Crippen LogP contribution < -0.4 is 0 Å². The average Bonchev–Trinajstić information content (AvgIpc) is 1.48. The number of hydroxylamine groups is 2. The molecule has 12 heavy (non-hydrogen) atoms. The Morgan fingerprint density at radius 3 is 1.83 bits per heavy atom. The summed E-state index contributed by atoms with van der Waals surface area (Å²) in [5, 5.41) is 0.681. The highest BCUT2D eigenvalue weighted by Gasteiger charge is 2.22. The molecular weight excluding hydrogens is 214 g/mol. The summed E-state index contributed by atoms with van der Waals surface area (Å²) in [6.07, 6.45) is 0. The highest BCUT2D eigenvalue weighted by Crippen LogP contribution is 2.01. The van der Waals surface area contributed by atoms with Crippen LogP contribution in [0.25, 0.3) is 0 Å². The van der Waals surface area contributed by atoms with Crippen molar-refractivity contribution < 1.29 is 29.3 Å². The molecule has 0 unspecified atom stereocenters.